The molecule has 0 aliphatic carbocycles. The van der Waals surface area contributed by atoms with Gasteiger partial charge in [0.05, 0.1) is 28.9 Å². The zero-order valence-corrected chi connectivity index (χ0v) is 15.2. The van der Waals surface area contributed by atoms with Gasteiger partial charge in [0.25, 0.3) is 5.91 Å². The van der Waals surface area contributed by atoms with Crippen molar-refractivity contribution in [2.24, 2.45) is 0 Å². The highest BCUT2D eigenvalue weighted by Gasteiger charge is 2.29. The molecule has 0 aromatic heterocycles. The number of hydrogen-bond acceptors (Lipinski definition) is 7. The number of esters is 1. The number of benzene rings is 1. The van der Waals surface area contributed by atoms with Crippen LogP contribution >= 0.6 is 11.8 Å². The van der Waals surface area contributed by atoms with Crippen LogP contribution in [0.2, 0.25) is 0 Å². The Morgan fingerprint density at radius 1 is 1.48 bits per heavy atom. The number of ether oxygens (including phenoxy) is 1. The maximum atomic E-state index is 12.0. The number of nitrogens with one attached hydrogen (secondary N) is 1. The van der Waals surface area contributed by atoms with Crippen LogP contribution < -0.4 is 5.32 Å². The van der Waals surface area contributed by atoms with Gasteiger partial charge in [-0.3, -0.25) is 9.59 Å². The van der Waals surface area contributed by atoms with Gasteiger partial charge in [-0.1, -0.05) is 6.07 Å². The maximum absolute atomic E-state index is 12.0. The van der Waals surface area contributed by atoms with Crippen LogP contribution in [0, 0.1) is 11.3 Å². The molecule has 7 nitrogen and oxygen atoms in total. The second kappa shape index (κ2) is 8.36. The third-order valence-electron chi connectivity index (χ3n) is 3.56. The van der Waals surface area contributed by atoms with Crippen molar-refractivity contribution < 1.29 is 22.7 Å². The third kappa shape index (κ3) is 6.07. The van der Waals surface area contributed by atoms with Gasteiger partial charge in [0.1, 0.15) is 0 Å². The molecule has 0 saturated carbocycles. The van der Waals surface area contributed by atoms with Gasteiger partial charge in [-0.15, -0.1) is 11.8 Å². The van der Waals surface area contributed by atoms with Crippen LogP contribution in [-0.2, 0) is 24.2 Å². The molecule has 1 N–H and O–H groups in total. The highest BCUT2D eigenvalue weighted by molar-refractivity contribution is 8.02. The molecule has 0 spiro atoms. The second-order valence-corrected chi connectivity index (χ2v) is 9.17. The summed E-state index contributed by atoms with van der Waals surface area (Å²) < 4.78 is 27.8. The molecule has 1 fully saturated rings. The van der Waals surface area contributed by atoms with E-state index in [1.54, 1.807) is 18.2 Å². The second-order valence-electron chi connectivity index (χ2n) is 5.65. The van der Waals surface area contributed by atoms with Crippen LogP contribution in [0.25, 0.3) is 0 Å². The van der Waals surface area contributed by atoms with E-state index in [9.17, 15) is 18.0 Å². The average molecular weight is 382 g/mol. The maximum Gasteiger partial charge on any atom is 0.316 e. The van der Waals surface area contributed by atoms with Crippen molar-refractivity contribution in [3.8, 4) is 6.07 Å². The lowest BCUT2D eigenvalue weighted by atomic mass is 10.2. The Morgan fingerprint density at radius 2 is 2.24 bits per heavy atom. The molecule has 9 heteroatoms. The van der Waals surface area contributed by atoms with E-state index in [0.29, 0.717) is 17.7 Å². The van der Waals surface area contributed by atoms with Crippen molar-refractivity contribution in [3.05, 3.63) is 29.8 Å². The lowest BCUT2D eigenvalue weighted by Gasteiger charge is -2.14. The Labute approximate surface area is 150 Å². The molecule has 0 bridgehead atoms. The fourth-order valence-electron chi connectivity index (χ4n) is 2.27. The molecule has 1 aliphatic heterocycles. The van der Waals surface area contributed by atoms with Crippen molar-refractivity contribution in [2.75, 3.05) is 22.6 Å². The molecule has 1 aliphatic rings. The molecule has 134 valence electrons. The average Bonchev–Trinajstić information content (AvgIpc) is 2.92. The molecule has 2 rings (SSSR count). The van der Waals surface area contributed by atoms with Gasteiger partial charge in [-0.05, 0) is 31.5 Å². The number of carbonyl (C=O) groups excluding carboxylic acids is 2. The predicted octanol–water partition coefficient (Wildman–Crippen LogP) is 1.35. The molecular weight excluding hydrogens is 364 g/mol. The number of thioether (sulfide) groups is 1. The summed E-state index contributed by atoms with van der Waals surface area (Å²) in [4.78, 5) is 23.8. The Hall–Kier alpha value is -2.05. The van der Waals surface area contributed by atoms with E-state index in [1.165, 1.54) is 24.8 Å². The molecule has 1 aromatic carbocycles. The van der Waals surface area contributed by atoms with Crippen LogP contribution in [0.5, 0.6) is 0 Å². The largest absolute Gasteiger partial charge is 0.452 e. The molecule has 2 atom stereocenters. The van der Waals surface area contributed by atoms with Crippen molar-refractivity contribution in [2.45, 2.75) is 24.7 Å². The van der Waals surface area contributed by atoms with E-state index >= 15 is 0 Å². The van der Waals surface area contributed by atoms with Crippen molar-refractivity contribution in [3.63, 3.8) is 0 Å². The van der Waals surface area contributed by atoms with Gasteiger partial charge in [0.15, 0.2) is 15.9 Å². The van der Waals surface area contributed by atoms with Gasteiger partial charge < -0.3 is 10.1 Å². The quantitative estimate of drug-likeness (QED) is 0.739. The zero-order valence-electron chi connectivity index (χ0n) is 13.6. The normalized spacial score (nSPS) is 19.6. The molecule has 1 amide bonds. The molecule has 0 unspecified atom stereocenters. The van der Waals surface area contributed by atoms with Crippen LogP contribution in [0.1, 0.15) is 18.9 Å². The standard InChI is InChI=1S/C16H18N2O5S2/c1-11(16(20)18-13-4-2-3-12(7-13)8-17)23-15(19)9-24-14-5-6-25(21,22)10-14/h2-4,7,11,14H,5-6,9-10H2,1H3,(H,18,20)/t11-,14+/m0/s1. The summed E-state index contributed by atoms with van der Waals surface area (Å²) in [5.41, 5.74) is 0.850. The van der Waals surface area contributed by atoms with E-state index in [1.807, 2.05) is 6.07 Å². The van der Waals surface area contributed by atoms with Gasteiger partial charge in [0.2, 0.25) is 0 Å². The van der Waals surface area contributed by atoms with Gasteiger partial charge >= 0.3 is 5.97 Å². The Morgan fingerprint density at radius 3 is 2.88 bits per heavy atom. The zero-order chi connectivity index (χ0) is 18.4. The topological polar surface area (TPSA) is 113 Å². The summed E-state index contributed by atoms with van der Waals surface area (Å²) in [6.45, 7) is 1.45. The molecule has 0 radical (unpaired) electrons. The van der Waals surface area contributed by atoms with Crippen LogP contribution in [0.4, 0.5) is 5.69 Å². The van der Waals surface area contributed by atoms with Crippen LogP contribution in [-0.4, -0.2) is 48.9 Å². The molecule has 1 heterocycles. The van der Waals surface area contributed by atoms with Crippen molar-refractivity contribution >= 4 is 39.2 Å². The summed E-state index contributed by atoms with van der Waals surface area (Å²) >= 11 is 1.24. The van der Waals surface area contributed by atoms with E-state index in [-0.39, 0.29) is 22.5 Å². The third-order valence-corrected chi connectivity index (χ3v) is 6.82. The van der Waals surface area contributed by atoms with Crippen LogP contribution in [0.3, 0.4) is 0 Å². The minimum absolute atomic E-state index is 0.00171. The van der Waals surface area contributed by atoms with Crippen LogP contribution in [0.15, 0.2) is 24.3 Å². The van der Waals surface area contributed by atoms with E-state index in [0.717, 1.165) is 0 Å². The SMILES string of the molecule is C[C@H](OC(=O)CS[C@@H]1CCS(=O)(=O)C1)C(=O)Nc1cccc(C#N)c1. The first-order valence-electron chi connectivity index (χ1n) is 7.61. The number of anilines is 1. The van der Waals surface area contributed by atoms with Crippen molar-refractivity contribution in [1.29, 1.82) is 5.26 Å². The van der Waals surface area contributed by atoms with Gasteiger partial charge in [-0.25, -0.2) is 8.42 Å². The fraction of sp³-hybridized carbons (Fsp3) is 0.438. The minimum atomic E-state index is -2.98. The summed E-state index contributed by atoms with van der Waals surface area (Å²) in [6, 6.07) is 8.36. The Balaban J connectivity index is 1.78. The summed E-state index contributed by atoms with van der Waals surface area (Å²) in [6.07, 6.45) is -0.461. The number of sulfone groups is 1. The van der Waals surface area contributed by atoms with E-state index in [2.05, 4.69) is 5.32 Å². The molecule has 1 saturated heterocycles. The summed E-state index contributed by atoms with van der Waals surface area (Å²) in [7, 11) is -2.98. The van der Waals surface area contributed by atoms with Gasteiger partial charge in [-0.2, -0.15) is 5.26 Å². The van der Waals surface area contributed by atoms with E-state index in [4.69, 9.17) is 10.00 Å². The molecule has 1 aromatic rings. The first kappa shape index (κ1) is 19.3. The number of rotatable bonds is 6. The molecule has 25 heavy (non-hydrogen) atoms. The highest BCUT2D eigenvalue weighted by atomic mass is 32.2. The predicted molar refractivity (Wildman–Crippen MR) is 94.9 cm³/mol. The van der Waals surface area contributed by atoms with Gasteiger partial charge in [0, 0.05) is 10.9 Å². The first-order valence-corrected chi connectivity index (χ1v) is 10.5. The number of nitrogens with zero attached hydrogens (tertiary/aromatic N) is 1. The Bertz CT molecular complexity index is 801. The number of amides is 1. The fourth-order valence-corrected chi connectivity index (χ4v) is 5.70. The summed E-state index contributed by atoms with van der Waals surface area (Å²) in [5.74, 6) is -0.835. The highest BCUT2D eigenvalue weighted by Crippen LogP contribution is 2.24. The lowest BCUT2D eigenvalue weighted by Crippen LogP contribution is -2.30. The molecular formula is C16H18N2O5S2. The smallest absolute Gasteiger partial charge is 0.316 e. The van der Waals surface area contributed by atoms with Crippen molar-refractivity contribution in [1.82, 2.24) is 0 Å². The summed E-state index contributed by atoms with van der Waals surface area (Å²) in [5, 5.41) is 11.3. The number of hydrogen-bond donors (Lipinski definition) is 1. The monoisotopic (exact) mass is 382 g/mol. The minimum Gasteiger partial charge on any atom is -0.452 e. The lowest BCUT2D eigenvalue weighted by molar-refractivity contribution is -0.150. The number of nitriles is 1. The Kier molecular flexibility index (Phi) is 6.45. The van der Waals surface area contributed by atoms with E-state index < -0.39 is 27.8 Å². The number of carbonyl (C=O) groups is 2. The first-order chi connectivity index (χ1) is 11.8.